The fourth-order valence-corrected chi connectivity index (χ4v) is 2.01. The van der Waals surface area contributed by atoms with Gasteiger partial charge < -0.3 is 10.2 Å². The molecule has 0 aliphatic carbocycles. The standard InChI is InChI=1S/C11H21F3N2/c1-10(2,3)8-16-5-4-15-6-9(7-16)11(12,13)14/h9,15H,4-8H2,1-3H3. The van der Waals surface area contributed by atoms with Gasteiger partial charge in [0.25, 0.3) is 0 Å². The van der Waals surface area contributed by atoms with Gasteiger partial charge in [-0.15, -0.1) is 0 Å². The third-order valence-corrected chi connectivity index (χ3v) is 2.63. The SMILES string of the molecule is CC(C)(C)CN1CCNCC(C(F)(F)F)C1. The van der Waals surface area contributed by atoms with Crippen molar-refractivity contribution in [3.05, 3.63) is 0 Å². The molecule has 5 heteroatoms. The van der Waals surface area contributed by atoms with E-state index in [4.69, 9.17) is 0 Å². The van der Waals surface area contributed by atoms with E-state index >= 15 is 0 Å². The molecule has 2 nitrogen and oxygen atoms in total. The minimum Gasteiger partial charge on any atom is -0.315 e. The number of rotatable bonds is 1. The van der Waals surface area contributed by atoms with Crippen LogP contribution in [0.25, 0.3) is 0 Å². The molecule has 1 fully saturated rings. The highest BCUT2D eigenvalue weighted by molar-refractivity contribution is 4.80. The first-order valence-electron chi connectivity index (χ1n) is 5.68. The molecule has 1 aliphatic heterocycles. The number of nitrogens with one attached hydrogen (secondary N) is 1. The molecular weight excluding hydrogens is 217 g/mol. The van der Waals surface area contributed by atoms with Crippen LogP contribution in [0.15, 0.2) is 0 Å². The molecule has 1 heterocycles. The van der Waals surface area contributed by atoms with Gasteiger partial charge >= 0.3 is 6.18 Å². The second-order valence-electron chi connectivity index (χ2n) is 5.74. The van der Waals surface area contributed by atoms with Crippen molar-refractivity contribution in [1.29, 1.82) is 0 Å². The molecule has 1 aliphatic rings. The Balaban J connectivity index is 2.59. The van der Waals surface area contributed by atoms with Gasteiger partial charge in [0.1, 0.15) is 0 Å². The van der Waals surface area contributed by atoms with Crippen LogP contribution in [-0.4, -0.2) is 43.8 Å². The molecule has 96 valence electrons. The third-order valence-electron chi connectivity index (χ3n) is 2.63. The van der Waals surface area contributed by atoms with E-state index in [0.717, 1.165) is 0 Å². The molecule has 1 N–H and O–H groups in total. The summed E-state index contributed by atoms with van der Waals surface area (Å²) in [4.78, 5) is 1.91. The number of alkyl halides is 3. The molecular formula is C11H21F3N2. The molecule has 0 saturated carbocycles. The van der Waals surface area contributed by atoms with Crippen molar-refractivity contribution in [2.45, 2.75) is 26.9 Å². The Morgan fingerprint density at radius 3 is 2.38 bits per heavy atom. The number of nitrogens with zero attached hydrogens (tertiary/aromatic N) is 1. The van der Waals surface area contributed by atoms with E-state index in [0.29, 0.717) is 19.6 Å². The molecule has 0 bridgehead atoms. The molecule has 1 unspecified atom stereocenters. The van der Waals surface area contributed by atoms with Crippen LogP contribution in [0.2, 0.25) is 0 Å². The summed E-state index contributed by atoms with van der Waals surface area (Å²) in [6.07, 6.45) is -4.09. The zero-order chi connectivity index (χ0) is 12.4. The minimum absolute atomic E-state index is 0.0422. The molecule has 1 saturated heterocycles. The van der Waals surface area contributed by atoms with Gasteiger partial charge in [0.15, 0.2) is 0 Å². The molecule has 1 atom stereocenters. The van der Waals surface area contributed by atoms with E-state index in [1.807, 2.05) is 25.7 Å². The van der Waals surface area contributed by atoms with Crippen molar-refractivity contribution in [3.63, 3.8) is 0 Å². The molecule has 0 amide bonds. The van der Waals surface area contributed by atoms with Crippen LogP contribution in [0.4, 0.5) is 13.2 Å². The monoisotopic (exact) mass is 238 g/mol. The minimum atomic E-state index is -4.09. The molecule has 0 radical (unpaired) electrons. The lowest BCUT2D eigenvalue weighted by Crippen LogP contribution is -2.41. The quantitative estimate of drug-likeness (QED) is 0.752. The predicted molar refractivity (Wildman–Crippen MR) is 58.3 cm³/mol. The van der Waals surface area contributed by atoms with E-state index in [1.54, 1.807) is 0 Å². The average Bonchev–Trinajstić information content (AvgIpc) is 2.25. The maximum Gasteiger partial charge on any atom is 0.394 e. The Bertz CT molecular complexity index is 220. The smallest absolute Gasteiger partial charge is 0.315 e. The van der Waals surface area contributed by atoms with Gasteiger partial charge in [0.2, 0.25) is 0 Å². The van der Waals surface area contributed by atoms with Crippen LogP contribution in [0.5, 0.6) is 0 Å². The van der Waals surface area contributed by atoms with Gasteiger partial charge in [-0.2, -0.15) is 13.2 Å². The Kier molecular flexibility index (Phi) is 4.23. The van der Waals surface area contributed by atoms with Crippen molar-refractivity contribution >= 4 is 0 Å². The van der Waals surface area contributed by atoms with Crippen molar-refractivity contribution in [3.8, 4) is 0 Å². The van der Waals surface area contributed by atoms with Crippen molar-refractivity contribution in [2.24, 2.45) is 11.3 Å². The molecule has 0 aromatic heterocycles. The number of hydrogen-bond donors (Lipinski definition) is 1. The maximum absolute atomic E-state index is 12.7. The molecule has 1 rings (SSSR count). The summed E-state index contributed by atoms with van der Waals surface area (Å²) in [5.41, 5.74) is 0.0422. The Morgan fingerprint density at radius 1 is 1.25 bits per heavy atom. The highest BCUT2D eigenvalue weighted by Crippen LogP contribution is 2.28. The van der Waals surface area contributed by atoms with Crippen LogP contribution in [0.3, 0.4) is 0 Å². The summed E-state index contributed by atoms with van der Waals surface area (Å²) in [6, 6.07) is 0. The van der Waals surface area contributed by atoms with E-state index < -0.39 is 12.1 Å². The second kappa shape index (κ2) is 4.92. The topological polar surface area (TPSA) is 15.3 Å². The molecule has 0 spiro atoms. The molecule has 0 aromatic carbocycles. The normalized spacial score (nSPS) is 25.5. The number of halogens is 3. The summed E-state index contributed by atoms with van der Waals surface area (Å²) >= 11 is 0. The van der Waals surface area contributed by atoms with Crippen molar-refractivity contribution in [1.82, 2.24) is 10.2 Å². The zero-order valence-corrected chi connectivity index (χ0v) is 10.2. The lowest BCUT2D eigenvalue weighted by atomic mass is 9.95. The first kappa shape index (κ1) is 13.8. The van der Waals surface area contributed by atoms with Gasteiger partial charge in [-0.25, -0.2) is 0 Å². The fraction of sp³-hybridized carbons (Fsp3) is 1.00. The summed E-state index contributed by atoms with van der Waals surface area (Å²) in [7, 11) is 0. The summed E-state index contributed by atoms with van der Waals surface area (Å²) in [6.45, 7) is 8.36. The highest BCUT2D eigenvalue weighted by Gasteiger charge is 2.41. The summed E-state index contributed by atoms with van der Waals surface area (Å²) < 4.78 is 38.0. The molecule has 0 aromatic rings. The van der Waals surface area contributed by atoms with Gasteiger partial charge in [-0.1, -0.05) is 20.8 Å². The zero-order valence-electron chi connectivity index (χ0n) is 10.2. The van der Waals surface area contributed by atoms with Crippen molar-refractivity contribution < 1.29 is 13.2 Å². The van der Waals surface area contributed by atoms with Crippen LogP contribution in [-0.2, 0) is 0 Å². The lowest BCUT2D eigenvalue weighted by Gasteiger charge is -2.31. The fourth-order valence-electron chi connectivity index (χ4n) is 2.01. The van der Waals surface area contributed by atoms with Gasteiger partial charge in [0, 0.05) is 32.7 Å². The Morgan fingerprint density at radius 2 is 1.88 bits per heavy atom. The Labute approximate surface area is 95.2 Å². The van der Waals surface area contributed by atoms with Crippen LogP contribution >= 0.6 is 0 Å². The predicted octanol–water partition coefficient (Wildman–Crippen LogP) is 2.12. The lowest BCUT2D eigenvalue weighted by molar-refractivity contribution is -0.176. The van der Waals surface area contributed by atoms with Crippen LogP contribution in [0, 0.1) is 11.3 Å². The van der Waals surface area contributed by atoms with Crippen LogP contribution < -0.4 is 5.32 Å². The first-order valence-corrected chi connectivity index (χ1v) is 5.68. The number of hydrogen-bond acceptors (Lipinski definition) is 2. The van der Waals surface area contributed by atoms with E-state index in [-0.39, 0.29) is 18.5 Å². The summed E-state index contributed by atoms with van der Waals surface area (Å²) in [5.74, 6) is -1.24. The molecule has 16 heavy (non-hydrogen) atoms. The Hall–Kier alpha value is -0.290. The highest BCUT2D eigenvalue weighted by atomic mass is 19.4. The van der Waals surface area contributed by atoms with Crippen molar-refractivity contribution in [2.75, 3.05) is 32.7 Å². The van der Waals surface area contributed by atoms with Crippen LogP contribution in [0.1, 0.15) is 20.8 Å². The largest absolute Gasteiger partial charge is 0.394 e. The van der Waals surface area contributed by atoms with E-state index in [2.05, 4.69) is 5.32 Å². The third kappa shape index (κ3) is 4.70. The van der Waals surface area contributed by atoms with Gasteiger partial charge in [-0.3, -0.25) is 0 Å². The summed E-state index contributed by atoms with van der Waals surface area (Å²) in [5, 5.41) is 2.86. The van der Waals surface area contributed by atoms with E-state index in [1.165, 1.54) is 0 Å². The van der Waals surface area contributed by atoms with Gasteiger partial charge in [0.05, 0.1) is 5.92 Å². The van der Waals surface area contributed by atoms with Gasteiger partial charge in [-0.05, 0) is 5.41 Å². The average molecular weight is 238 g/mol. The first-order chi connectivity index (χ1) is 7.18. The van der Waals surface area contributed by atoms with E-state index in [9.17, 15) is 13.2 Å². The second-order valence-corrected chi connectivity index (χ2v) is 5.74. The maximum atomic E-state index is 12.7.